The lowest BCUT2D eigenvalue weighted by atomic mass is 10.1. The number of hydrogen-bond donors (Lipinski definition) is 1. The number of benzene rings is 1. The smallest absolute Gasteiger partial charge is 0.254 e. The summed E-state index contributed by atoms with van der Waals surface area (Å²) in [6, 6.07) is 8.39. The molecule has 0 aliphatic carbocycles. The molecule has 1 aromatic rings. The topological polar surface area (TPSA) is 35.6 Å². The van der Waals surface area contributed by atoms with Crippen molar-refractivity contribution in [3.63, 3.8) is 0 Å². The van der Waals surface area contributed by atoms with E-state index in [4.69, 9.17) is 0 Å². The summed E-state index contributed by atoms with van der Waals surface area (Å²) in [6.45, 7) is 5.01. The van der Waals surface area contributed by atoms with E-state index < -0.39 is 0 Å². The first-order chi connectivity index (χ1) is 10.7. The second-order valence-electron chi connectivity index (χ2n) is 6.17. The van der Waals surface area contributed by atoms with Gasteiger partial charge in [0.15, 0.2) is 0 Å². The molecular formula is C18H29N3O. The summed E-state index contributed by atoms with van der Waals surface area (Å²) < 4.78 is 0. The van der Waals surface area contributed by atoms with Crippen molar-refractivity contribution in [1.82, 2.24) is 10.2 Å². The second kappa shape index (κ2) is 8.18. The predicted molar refractivity (Wildman–Crippen MR) is 92.6 cm³/mol. The fourth-order valence-electron chi connectivity index (χ4n) is 3.10. The monoisotopic (exact) mass is 303 g/mol. The van der Waals surface area contributed by atoms with Crippen molar-refractivity contribution in [1.29, 1.82) is 0 Å². The van der Waals surface area contributed by atoms with Gasteiger partial charge in [-0.15, -0.1) is 0 Å². The molecule has 1 saturated heterocycles. The molecule has 1 aliphatic heterocycles. The first-order valence-electron chi connectivity index (χ1n) is 8.44. The van der Waals surface area contributed by atoms with E-state index in [1.807, 2.05) is 24.1 Å². The number of anilines is 1. The van der Waals surface area contributed by atoms with Crippen molar-refractivity contribution in [3.05, 3.63) is 29.8 Å². The summed E-state index contributed by atoms with van der Waals surface area (Å²) in [5.74, 6) is 0.167. The van der Waals surface area contributed by atoms with Crippen LogP contribution < -0.4 is 10.2 Å². The summed E-state index contributed by atoms with van der Waals surface area (Å²) >= 11 is 0. The average Bonchev–Trinajstić information content (AvgIpc) is 3.00. The van der Waals surface area contributed by atoms with Gasteiger partial charge in [-0.25, -0.2) is 0 Å². The Hall–Kier alpha value is -1.55. The van der Waals surface area contributed by atoms with E-state index >= 15 is 0 Å². The highest BCUT2D eigenvalue weighted by Crippen LogP contribution is 2.21. The van der Waals surface area contributed by atoms with Crippen molar-refractivity contribution in [2.24, 2.45) is 0 Å². The zero-order valence-corrected chi connectivity index (χ0v) is 14.1. The molecule has 0 aromatic heterocycles. The van der Waals surface area contributed by atoms with Gasteiger partial charge < -0.3 is 15.1 Å². The summed E-state index contributed by atoms with van der Waals surface area (Å²) in [7, 11) is 4.05. The molecule has 0 spiro atoms. The maximum atomic E-state index is 12.7. The molecule has 122 valence electrons. The van der Waals surface area contributed by atoms with Crippen LogP contribution in [0, 0.1) is 0 Å². The van der Waals surface area contributed by atoms with Crippen molar-refractivity contribution in [2.75, 3.05) is 38.6 Å². The summed E-state index contributed by atoms with van der Waals surface area (Å²) in [4.78, 5) is 16.9. The van der Waals surface area contributed by atoms with Crippen LogP contribution in [0.5, 0.6) is 0 Å². The van der Waals surface area contributed by atoms with Crippen LogP contribution in [-0.2, 0) is 0 Å². The first kappa shape index (κ1) is 16.8. The molecule has 1 aliphatic rings. The molecule has 4 nitrogen and oxygen atoms in total. The molecule has 1 N–H and O–H groups in total. The van der Waals surface area contributed by atoms with Gasteiger partial charge >= 0.3 is 0 Å². The third-order valence-electron chi connectivity index (χ3n) is 4.48. The van der Waals surface area contributed by atoms with Crippen LogP contribution in [0.4, 0.5) is 5.69 Å². The van der Waals surface area contributed by atoms with Crippen molar-refractivity contribution in [2.45, 2.75) is 38.6 Å². The fourth-order valence-corrected chi connectivity index (χ4v) is 3.10. The van der Waals surface area contributed by atoms with Gasteiger partial charge in [-0.05, 0) is 50.6 Å². The minimum atomic E-state index is 0.167. The normalized spacial score (nSPS) is 17.8. The molecule has 1 fully saturated rings. The van der Waals surface area contributed by atoms with Crippen LogP contribution in [-0.4, -0.2) is 50.6 Å². The molecule has 0 radical (unpaired) electrons. The van der Waals surface area contributed by atoms with Crippen molar-refractivity contribution >= 4 is 11.6 Å². The number of nitrogens with one attached hydrogen (secondary N) is 1. The van der Waals surface area contributed by atoms with Gasteiger partial charge in [0.05, 0.1) is 0 Å². The van der Waals surface area contributed by atoms with E-state index in [0.29, 0.717) is 6.04 Å². The van der Waals surface area contributed by atoms with Crippen molar-refractivity contribution in [3.8, 4) is 0 Å². The Morgan fingerprint density at radius 3 is 2.73 bits per heavy atom. The summed E-state index contributed by atoms with van der Waals surface area (Å²) in [5.41, 5.74) is 1.98. The molecule has 1 unspecified atom stereocenters. The minimum absolute atomic E-state index is 0.167. The van der Waals surface area contributed by atoms with E-state index in [-0.39, 0.29) is 5.91 Å². The SMILES string of the molecule is CCCCN(C)c1ccc(C(=O)N2CCCC2CNC)cc1. The molecule has 4 heteroatoms. The summed E-state index contributed by atoms with van der Waals surface area (Å²) in [5, 5.41) is 3.19. The zero-order chi connectivity index (χ0) is 15.9. The number of amides is 1. The Morgan fingerprint density at radius 1 is 1.36 bits per heavy atom. The predicted octanol–water partition coefficient (Wildman–Crippen LogP) is 2.75. The number of rotatable bonds is 7. The van der Waals surface area contributed by atoms with Crippen molar-refractivity contribution < 1.29 is 4.79 Å². The second-order valence-corrected chi connectivity index (χ2v) is 6.17. The average molecular weight is 303 g/mol. The third-order valence-corrected chi connectivity index (χ3v) is 4.48. The van der Waals surface area contributed by atoms with Gasteiger partial charge in [0.2, 0.25) is 0 Å². The van der Waals surface area contributed by atoms with Crippen LogP contribution in [0.1, 0.15) is 43.0 Å². The molecule has 0 saturated carbocycles. The van der Waals surface area contributed by atoms with Crippen LogP contribution in [0.2, 0.25) is 0 Å². The number of carbonyl (C=O) groups is 1. The van der Waals surface area contributed by atoms with Gasteiger partial charge in [0.1, 0.15) is 0 Å². The van der Waals surface area contributed by atoms with E-state index in [9.17, 15) is 4.79 Å². The van der Waals surface area contributed by atoms with E-state index in [2.05, 4.69) is 36.3 Å². The Kier molecular flexibility index (Phi) is 6.25. The van der Waals surface area contributed by atoms with Gasteiger partial charge in [0.25, 0.3) is 5.91 Å². The van der Waals surface area contributed by atoms with Gasteiger partial charge in [-0.2, -0.15) is 0 Å². The van der Waals surface area contributed by atoms with Gasteiger partial charge in [0, 0.05) is 44.0 Å². The molecule has 1 atom stereocenters. The van der Waals surface area contributed by atoms with E-state index in [1.54, 1.807) is 0 Å². The highest BCUT2D eigenvalue weighted by Gasteiger charge is 2.28. The van der Waals surface area contributed by atoms with E-state index in [0.717, 1.165) is 38.0 Å². The fraction of sp³-hybridized carbons (Fsp3) is 0.611. The molecule has 22 heavy (non-hydrogen) atoms. The zero-order valence-electron chi connectivity index (χ0n) is 14.1. The molecule has 1 aromatic carbocycles. The summed E-state index contributed by atoms with van der Waals surface area (Å²) in [6.07, 6.45) is 4.60. The largest absolute Gasteiger partial charge is 0.375 e. The molecule has 1 amide bonds. The van der Waals surface area contributed by atoms with Crippen LogP contribution >= 0.6 is 0 Å². The van der Waals surface area contributed by atoms with E-state index in [1.165, 1.54) is 18.5 Å². The minimum Gasteiger partial charge on any atom is -0.375 e. The lowest BCUT2D eigenvalue weighted by Gasteiger charge is -2.25. The Balaban J connectivity index is 2.01. The number of unbranched alkanes of at least 4 members (excludes halogenated alkanes) is 1. The number of hydrogen-bond acceptors (Lipinski definition) is 3. The van der Waals surface area contributed by atoms with Gasteiger partial charge in [-0.3, -0.25) is 4.79 Å². The van der Waals surface area contributed by atoms with Crippen LogP contribution in [0.3, 0.4) is 0 Å². The quantitative estimate of drug-likeness (QED) is 0.841. The maximum absolute atomic E-state index is 12.7. The lowest BCUT2D eigenvalue weighted by Crippen LogP contribution is -2.40. The molecule has 0 bridgehead atoms. The number of carbonyl (C=O) groups excluding carboxylic acids is 1. The highest BCUT2D eigenvalue weighted by molar-refractivity contribution is 5.95. The highest BCUT2D eigenvalue weighted by atomic mass is 16.2. The Bertz CT molecular complexity index is 472. The van der Waals surface area contributed by atoms with Gasteiger partial charge in [-0.1, -0.05) is 13.3 Å². The van der Waals surface area contributed by atoms with Crippen LogP contribution in [0.15, 0.2) is 24.3 Å². The number of likely N-dealkylation sites (tertiary alicyclic amines) is 1. The molecule has 2 rings (SSSR count). The number of likely N-dealkylation sites (N-methyl/N-ethyl adjacent to an activating group) is 1. The molecular weight excluding hydrogens is 274 g/mol. The third kappa shape index (κ3) is 4.01. The first-order valence-corrected chi connectivity index (χ1v) is 8.44. The van der Waals surface area contributed by atoms with Crippen LogP contribution in [0.25, 0.3) is 0 Å². The lowest BCUT2D eigenvalue weighted by molar-refractivity contribution is 0.0737. The standard InChI is InChI=1S/C18H29N3O/c1-4-5-12-20(3)16-10-8-15(9-11-16)18(22)21-13-6-7-17(21)14-19-2/h8-11,17,19H,4-7,12-14H2,1-3H3. The Labute approximate surface area is 134 Å². The molecule has 1 heterocycles. The maximum Gasteiger partial charge on any atom is 0.254 e. The Morgan fingerprint density at radius 2 is 2.09 bits per heavy atom. The number of nitrogens with zero attached hydrogens (tertiary/aromatic N) is 2.